The van der Waals surface area contributed by atoms with Gasteiger partial charge in [0.15, 0.2) is 0 Å². The third-order valence-corrected chi connectivity index (χ3v) is 4.73. The number of carbonyl (C=O) groups excluding carboxylic acids is 1. The number of nitro groups is 1. The summed E-state index contributed by atoms with van der Waals surface area (Å²) in [5.74, 6) is 0.368. The van der Waals surface area contributed by atoms with Crippen molar-refractivity contribution in [2.24, 2.45) is 0 Å². The molecule has 1 amide bonds. The molecule has 0 spiro atoms. The first-order valence-corrected chi connectivity index (χ1v) is 8.26. The van der Waals surface area contributed by atoms with Crippen LogP contribution in [0.4, 0.5) is 10.7 Å². The van der Waals surface area contributed by atoms with Gasteiger partial charge < -0.3 is 10.1 Å². The van der Waals surface area contributed by atoms with Gasteiger partial charge in [-0.2, -0.15) is 0 Å². The van der Waals surface area contributed by atoms with Gasteiger partial charge in [-0.3, -0.25) is 14.9 Å². The van der Waals surface area contributed by atoms with Crippen molar-refractivity contribution in [3.05, 3.63) is 51.4 Å². The molecule has 3 rings (SSSR count). The Kier molecular flexibility index (Phi) is 4.57. The topological polar surface area (TPSA) is 81.5 Å². The van der Waals surface area contributed by atoms with E-state index in [4.69, 9.17) is 4.74 Å². The molecule has 120 valence electrons. The molecule has 1 aromatic heterocycles. The lowest BCUT2D eigenvalue weighted by Crippen LogP contribution is -2.12. The second-order valence-corrected chi connectivity index (χ2v) is 6.46. The Morgan fingerprint density at radius 3 is 2.74 bits per heavy atom. The number of carbonyl (C=O) groups is 1. The highest BCUT2D eigenvalue weighted by Gasteiger charge is 2.17. The van der Waals surface area contributed by atoms with Crippen molar-refractivity contribution in [1.29, 1.82) is 0 Å². The molecule has 0 bridgehead atoms. The van der Waals surface area contributed by atoms with E-state index in [2.05, 4.69) is 5.32 Å². The minimum Gasteiger partial charge on any atom is -0.490 e. The number of anilines is 1. The van der Waals surface area contributed by atoms with E-state index in [9.17, 15) is 14.9 Å². The van der Waals surface area contributed by atoms with Gasteiger partial charge >= 0.3 is 5.00 Å². The summed E-state index contributed by atoms with van der Waals surface area (Å²) in [5, 5.41) is 13.4. The van der Waals surface area contributed by atoms with Crippen LogP contribution in [0.25, 0.3) is 0 Å². The number of rotatable bonds is 5. The second-order valence-electron chi connectivity index (χ2n) is 5.40. The lowest BCUT2D eigenvalue weighted by molar-refractivity contribution is -0.380. The number of ether oxygens (including phenoxy) is 1. The van der Waals surface area contributed by atoms with Crippen molar-refractivity contribution in [3.8, 4) is 5.75 Å². The molecule has 1 aromatic carbocycles. The predicted octanol–water partition coefficient (Wildman–Crippen LogP) is 4.23. The van der Waals surface area contributed by atoms with Crippen LogP contribution in [-0.2, 0) is 0 Å². The third kappa shape index (κ3) is 3.87. The molecule has 6 nitrogen and oxygen atoms in total. The standard InChI is InChI=1S/C16H16N2O4S/c19-16(14-8-9-15(23-14)18(20)21)17-11-4-3-7-13(10-11)22-12-5-1-2-6-12/h3-4,7-10,12H,1-2,5-6H2,(H,17,19). The van der Waals surface area contributed by atoms with E-state index < -0.39 is 4.92 Å². The molecule has 1 heterocycles. The first kappa shape index (κ1) is 15.5. The van der Waals surface area contributed by atoms with Gasteiger partial charge in [-0.05, 0) is 43.9 Å². The van der Waals surface area contributed by atoms with E-state index in [1.165, 1.54) is 25.0 Å². The van der Waals surface area contributed by atoms with Crippen molar-refractivity contribution in [2.45, 2.75) is 31.8 Å². The van der Waals surface area contributed by atoms with Gasteiger partial charge in [-0.15, -0.1) is 0 Å². The summed E-state index contributed by atoms with van der Waals surface area (Å²) in [6.45, 7) is 0. The number of nitrogens with zero attached hydrogens (tertiary/aromatic N) is 1. The van der Waals surface area contributed by atoms with E-state index in [1.807, 2.05) is 12.1 Å². The zero-order valence-corrected chi connectivity index (χ0v) is 13.2. The van der Waals surface area contributed by atoms with Gasteiger partial charge in [0.1, 0.15) is 5.75 Å². The van der Waals surface area contributed by atoms with Gasteiger partial charge in [0, 0.05) is 17.8 Å². The maximum atomic E-state index is 12.1. The van der Waals surface area contributed by atoms with Crippen LogP contribution in [0, 0.1) is 10.1 Å². The summed E-state index contributed by atoms with van der Waals surface area (Å²) in [7, 11) is 0. The second kappa shape index (κ2) is 6.78. The lowest BCUT2D eigenvalue weighted by Gasteiger charge is -2.14. The highest BCUT2D eigenvalue weighted by Crippen LogP contribution is 2.27. The number of hydrogen-bond donors (Lipinski definition) is 1. The van der Waals surface area contributed by atoms with Crippen molar-refractivity contribution in [2.75, 3.05) is 5.32 Å². The van der Waals surface area contributed by atoms with Gasteiger partial charge in [0.05, 0.1) is 15.9 Å². The van der Waals surface area contributed by atoms with Crippen molar-refractivity contribution in [3.63, 3.8) is 0 Å². The largest absolute Gasteiger partial charge is 0.490 e. The summed E-state index contributed by atoms with van der Waals surface area (Å²) >= 11 is 0.856. The minimum atomic E-state index is -0.502. The van der Waals surface area contributed by atoms with E-state index >= 15 is 0 Å². The first-order valence-electron chi connectivity index (χ1n) is 7.44. The highest BCUT2D eigenvalue weighted by atomic mass is 32.1. The highest BCUT2D eigenvalue weighted by molar-refractivity contribution is 7.17. The molecule has 1 N–H and O–H groups in total. The number of thiophene rings is 1. The predicted molar refractivity (Wildman–Crippen MR) is 88.3 cm³/mol. The fourth-order valence-corrected chi connectivity index (χ4v) is 3.30. The summed E-state index contributed by atoms with van der Waals surface area (Å²) in [4.78, 5) is 22.6. The molecule has 1 saturated carbocycles. The Morgan fingerprint density at radius 1 is 1.26 bits per heavy atom. The maximum Gasteiger partial charge on any atom is 0.324 e. The number of benzene rings is 1. The molecular weight excluding hydrogens is 316 g/mol. The number of amides is 1. The number of hydrogen-bond acceptors (Lipinski definition) is 5. The third-order valence-electron chi connectivity index (χ3n) is 3.69. The SMILES string of the molecule is O=C(Nc1cccc(OC2CCCC2)c1)c1ccc([N+](=O)[O-])s1. The molecule has 7 heteroatoms. The molecule has 1 aliphatic carbocycles. The van der Waals surface area contributed by atoms with E-state index in [0.29, 0.717) is 10.6 Å². The van der Waals surface area contributed by atoms with Gasteiger partial charge in [-0.25, -0.2) is 0 Å². The summed E-state index contributed by atoms with van der Waals surface area (Å²) in [5.41, 5.74) is 0.613. The zero-order valence-electron chi connectivity index (χ0n) is 12.4. The van der Waals surface area contributed by atoms with Crippen LogP contribution in [0.1, 0.15) is 35.4 Å². The molecule has 0 atom stereocenters. The van der Waals surface area contributed by atoms with Crippen molar-refractivity contribution >= 4 is 27.9 Å². The van der Waals surface area contributed by atoms with Gasteiger partial charge in [0.2, 0.25) is 0 Å². The zero-order chi connectivity index (χ0) is 16.2. The lowest BCUT2D eigenvalue weighted by atomic mass is 10.2. The summed E-state index contributed by atoms with van der Waals surface area (Å²) in [6, 6.07) is 10.0. The molecule has 0 aliphatic heterocycles. The van der Waals surface area contributed by atoms with E-state index in [0.717, 1.165) is 29.9 Å². The molecule has 1 fully saturated rings. The van der Waals surface area contributed by atoms with Crippen LogP contribution < -0.4 is 10.1 Å². The Hall–Kier alpha value is -2.41. The van der Waals surface area contributed by atoms with Crippen LogP contribution in [-0.4, -0.2) is 16.9 Å². The fraction of sp³-hybridized carbons (Fsp3) is 0.312. The monoisotopic (exact) mass is 332 g/mol. The van der Waals surface area contributed by atoms with Crippen LogP contribution in [0.5, 0.6) is 5.75 Å². The molecule has 0 unspecified atom stereocenters. The molecule has 1 aliphatic rings. The van der Waals surface area contributed by atoms with Gasteiger partial charge in [-0.1, -0.05) is 17.4 Å². The summed E-state index contributed by atoms with van der Waals surface area (Å²) in [6.07, 6.45) is 4.77. The molecule has 0 radical (unpaired) electrons. The Labute approximate surface area is 137 Å². The Bertz CT molecular complexity index is 722. The van der Waals surface area contributed by atoms with Crippen LogP contribution >= 0.6 is 11.3 Å². The smallest absolute Gasteiger partial charge is 0.324 e. The number of nitrogens with one attached hydrogen (secondary N) is 1. The van der Waals surface area contributed by atoms with Gasteiger partial charge in [0.25, 0.3) is 5.91 Å². The molecule has 23 heavy (non-hydrogen) atoms. The molecular formula is C16H16N2O4S. The normalized spacial score (nSPS) is 14.6. The van der Waals surface area contributed by atoms with Crippen molar-refractivity contribution in [1.82, 2.24) is 0 Å². The van der Waals surface area contributed by atoms with Crippen LogP contribution in [0.15, 0.2) is 36.4 Å². The van der Waals surface area contributed by atoms with E-state index in [1.54, 1.807) is 12.1 Å². The fourth-order valence-electron chi connectivity index (χ4n) is 2.59. The average molecular weight is 332 g/mol. The van der Waals surface area contributed by atoms with E-state index in [-0.39, 0.29) is 17.0 Å². The Balaban J connectivity index is 1.66. The van der Waals surface area contributed by atoms with Crippen LogP contribution in [0.3, 0.4) is 0 Å². The van der Waals surface area contributed by atoms with Crippen LogP contribution in [0.2, 0.25) is 0 Å². The minimum absolute atomic E-state index is 0.0477. The molecule has 2 aromatic rings. The molecule has 0 saturated heterocycles. The maximum absolute atomic E-state index is 12.1. The van der Waals surface area contributed by atoms with Crippen molar-refractivity contribution < 1.29 is 14.5 Å². The first-order chi connectivity index (χ1) is 11.1. The average Bonchev–Trinajstić information content (AvgIpc) is 3.18. The quantitative estimate of drug-likeness (QED) is 0.656. The Morgan fingerprint density at radius 2 is 2.04 bits per heavy atom. The summed E-state index contributed by atoms with van der Waals surface area (Å²) < 4.78 is 5.90.